The first-order valence-corrected chi connectivity index (χ1v) is 7.72. The summed E-state index contributed by atoms with van der Waals surface area (Å²) in [5.41, 5.74) is 5.18. The molecule has 0 fully saturated rings. The molecule has 3 N–H and O–H groups in total. The smallest absolute Gasteiger partial charge is 0.0734 e. The molecule has 1 aromatic carbocycles. The van der Waals surface area contributed by atoms with E-state index in [1.165, 1.54) is 10.5 Å². The van der Waals surface area contributed by atoms with Crippen LogP contribution in [0.15, 0.2) is 39.8 Å². The molecule has 0 aliphatic heterocycles. The third kappa shape index (κ3) is 3.60. The average molecular weight is 341 g/mol. The van der Waals surface area contributed by atoms with Crippen LogP contribution in [0.5, 0.6) is 0 Å². The Balaban J connectivity index is 2.08. The van der Waals surface area contributed by atoms with Crippen molar-refractivity contribution < 1.29 is 0 Å². The van der Waals surface area contributed by atoms with Gasteiger partial charge in [0.25, 0.3) is 0 Å². The molecule has 0 amide bonds. The van der Waals surface area contributed by atoms with Crippen LogP contribution in [0.2, 0.25) is 0 Å². The maximum atomic E-state index is 5.67. The number of thioether (sulfide) groups is 1. The Morgan fingerprint density at radius 2 is 2.32 bits per heavy atom. The van der Waals surface area contributed by atoms with Crippen LogP contribution in [-0.4, -0.2) is 15.5 Å². The van der Waals surface area contributed by atoms with Crippen molar-refractivity contribution >= 4 is 27.7 Å². The SMILES string of the molecule is Cc1cccc(SCC(NN)c2c(Br)cnn2C)c1. The maximum absolute atomic E-state index is 5.67. The van der Waals surface area contributed by atoms with E-state index >= 15 is 0 Å². The second-order valence-electron chi connectivity index (χ2n) is 4.35. The van der Waals surface area contributed by atoms with E-state index in [9.17, 15) is 0 Å². The van der Waals surface area contributed by atoms with Crippen LogP contribution in [-0.2, 0) is 7.05 Å². The number of aromatic nitrogens is 2. The lowest BCUT2D eigenvalue weighted by Crippen LogP contribution is -2.31. The van der Waals surface area contributed by atoms with Crippen molar-refractivity contribution in [2.45, 2.75) is 17.9 Å². The first kappa shape index (κ1) is 14.6. The van der Waals surface area contributed by atoms with Gasteiger partial charge in [0.05, 0.1) is 22.4 Å². The highest BCUT2D eigenvalue weighted by molar-refractivity contribution is 9.10. The van der Waals surface area contributed by atoms with Crippen molar-refractivity contribution in [3.05, 3.63) is 46.2 Å². The highest BCUT2D eigenvalue weighted by Gasteiger charge is 2.17. The Hall–Kier alpha value is -0.820. The maximum Gasteiger partial charge on any atom is 0.0734 e. The molecule has 2 aromatic rings. The third-order valence-electron chi connectivity index (χ3n) is 2.88. The van der Waals surface area contributed by atoms with Gasteiger partial charge in [0, 0.05) is 17.7 Å². The molecular weight excluding hydrogens is 324 g/mol. The minimum absolute atomic E-state index is 0.0485. The number of nitrogens with two attached hydrogens (primary N) is 1. The lowest BCUT2D eigenvalue weighted by molar-refractivity contribution is 0.552. The second kappa shape index (κ2) is 6.56. The van der Waals surface area contributed by atoms with Gasteiger partial charge in [0.15, 0.2) is 0 Å². The van der Waals surface area contributed by atoms with E-state index in [4.69, 9.17) is 5.84 Å². The van der Waals surface area contributed by atoms with Crippen LogP contribution in [0, 0.1) is 6.92 Å². The number of aryl methyl sites for hydroxylation is 2. The van der Waals surface area contributed by atoms with E-state index in [1.54, 1.807) is 18.0 Å². The summed E-state index contributed by atoms with van der Waals surface area (Å²) in [5, 5.41) is 4.22. The van der Waals surface area contributed by atoms with Gasteiger partial charge in [-0.3, -0.25) is 16.0 Å². The molecule has 6 heteroatoms. The van der Waals surface area contributed by atoms with Crippen LogP contribution in [0.1, 0.15) is 17.3 Å². The summed E-state index contributed by atoms with van der Waals surface area (Å²) in [7, 11) is 1.92. The second-order valence-corrected chi connectivity index (χ2v) is 6.30. The Bertz CT molecular complexity index is 536. The van der Waals surface area contributed by atoms with Gasteiger partial charge in [0.2, 0.25) is 0 Å². The molecule has 1 unspecified atom stereocenters. The lowest BCUT2D eigenvalue weighted by Gasteiger charge is -2.16. The Labute approximate surface area is 125 Å². The van der Waals surface area contributed by atoms with Gasteiger partial charge in [-0.05, 0) is 35.0 Å². The highest BCUT2D eigenvalue weighted by Crippen LogP contribution is 2.28. The largest absolute Gasteiger partial charge is 0.271 e. The molecule has 0 radical (unpaired) electrons. The highest BCUT2D eigenvalue weighted by atomic mass is 79.9. The van der Waals surface area contributed by atoms with Crippen LogP contribution < -0.4 is 11.3 Å². The Morgan fingerprint density at radius 3 is 2.89 bits per heavy atom. The van der Waals surface area contributed by atoms with Crippen molar-refractivity contribution in [2.75, 3.05) is 5.75 Å². The van der Waals surface area contributed by atoms with Crippen molar-refractivity contribution in [1.29, 1.82) is 0 Å². The number of hydrogen-bond donors (Lipinski definition) is 2. The van der Waals surface area contributed by atoms with E-state index in [0.29, 0.717) is 0 Å². The fourth-order valence-corrected chi connectivity index (χ4v) is 3.58. The van der Waals surface area contributed by atoms with E-state index in [1.807, 2.05) is 11.7 Å². The molecule has 102 valence electrons. The number of hydrogen-bond acceptors (Lipinski definition) is 4. The first-order chi connectivity index (χ1) is 9.11. The topological polar surface area (TPSA) is 55.9 Å². The summed E-state index contributed by atoms with van der Waals surface area (Å²) < 4.78 is 2.81. The number of rotatable bonds is 5. The van der Waals surface area contributed by atoms with Gasteiger partial charge in [-0.1, -0.05) is 17.7 Å². The van der Waals surface area contributed by atoms with Crippen LogP contribution >= 0.6 is 27.7 Å². The van der Waals surface area contributed by atoms with Crippen LogP contribution in [0.3, 0.4) is 0 Å². The van der Waals surface area contributed by atoms with E-state index in [-0.39, 0.29) is 6.04 Å². The minimum atomic E-state index is 0.0485. The summed E-state index contributed by atoms with van der Waals surface area (Å²) in [6.07, 6.45) is 1.79. The Kier molecular flexibility index (Phi) is 5.04. The molecule has 1 aromatic heterocycles. The van der Waals surface area contributed by atoms with Crippen molar-refractivity contribution in [3.8, 4) is 0 Å². The molecule has 1 atom stereocenters. The summed E-state index contributed by atoms with van der Waals surface area (Å²) in [5.74, 6) is 6.52. The van der Waals surface area contributed by atoms with Crippen molar-refractivity contribution in [2.24, 2.45) is 12.9 Å². The van der Waals surface area contributed by atoms with Gasteiger partial charge in [-0.2, -0.15) is 5.10 Å². The van der Waals surface area contributed by atoms with Gasteiger partial charge >= 0.3 is 0 Å². The van der Waals surface area contributed by atoms with Crippen molar-refractivity contribution in [3.63, 3.8) is 0 Å². The number of hydrazine groups is 1. The predicted octanol–water partition coefficient (Wildman–Crippen LogP) is 2.79. The average Bonchev–Trinajstić information content (AvgIpc) is 2.71. The van der Waals surface area contributed by atoms with Gasteiger partial charge in [-0.25, -0.2) is 0 Å². The third-order valence-corrected chi connectivity index (χ3v) is 4.57. The summed E-state index contributed by atoms with van der Waals surface area (Å²) >= 11 is 5.29. The number of benzene rings is 1. The lowest BCUT2D eigenvalue weighted by atomic mass is 10.2. The van der Waals surface area contributed by atoms with E-state index in [2.05, 4.69) is 57.6 Å². The zero-order valence-corrected chi connectivity index (χ0v) is 13.3. The first-order valence-electron chi connectivity index (χ1n) is 5.95. The van der Waals surface area contributed by atoms with Gasteiger partial charge in [0.1, 0.15) is 0 Å². The minimum Gasteiger partial charge on any atom is -0.271 e. The molecule has 4 nitrogen and oxygen atoms in total. The van der Waals surface area contributed by atoms with Crippen LogP contribution in [0.4, 0.5) is 0 Å². The molecule has 0 saturated carbocycles. The van der Waals surface area contributed by atoms with Crippen LogP contribution in [0.25, 0.3) is 0 Å². The zero-order valence-electron chi connectivity index (χ0n) is 10.9. The molecule has 0 aliphatic rings. The van der Waals surface area contributed by atoms with E-state index < -0.39 is 0 Å². The standard InChI is InChI=1S/C13H17BrN4S/c1-9-4-3-5-10(6-9)19-8-12(17-15)13-11(14)7-16-18(13)2/h3-7,12,17H,8,15H2,1-2H3. The van der Waals surface area contributed by atoms with Gasteiger partial charge < -0.3 is 0 Å². The summed E-state index contributed by atoms with van der Waals surface area (Å²) in [4.78, 5) is 1.25. The molecule has 0 bridgehead atoms. The molecule has 0 spiro atoms. The molecular formula is C13H17BrN4S. The number of halogens is 1. The van der Waals surface area contributed by atoms with E-state index in [0.717, 1.165) is 15.9 Å². The molecule has 1 heterocycles. The van der Waals surface area contributed by atoms with Gasteiger partial charge in [-0.15, -0.1) is 11.8 Å². The summed E-state index contributed by atoms with van der Waals surface area (Å²) in [6.45, 7) is 2.10. The molecule has 2 rings (SSSR count). The predicted molar refractivity (Wildman–Crippen MR) is 82.9 cm³/mol. The van der Waals surface area contributed by atoms with Crippen molar-refractivity contribution in [1.82, 2.24) is 15.2 Å². The number of nitrogens with one attached hydrogen (secondary N) is 1. The Morgan fingerprint density at radius 1 is 1.53 bits per heavy atom. The summed E-state index contributed by atoms with van der Waals surface area (Å²) in [6, 6.07) is 8.51. The molecule has 0 saturated heterocycles. The fraction of sp³-hybridized carbons (Fsp3) is 0.308. The normalized spacial score (nSPS) is 12.6. The monoisotopic (exact) mass is 340 g/mol. The number of nitrogens with zero attached hydrogens (tertiary/aromatic N) is 2. The molecule has 0 aliphatic carbocycles. The zero-order chi connectivity index (χ0) is 13.8. The quantitative estimate of drug-likeness (QED) is 0.499. The fourth-order valence-electron chi connectivity index (χ4n) is 1.90. The molecule has 19 heavy (non-hydrogen) atoms.